The van der Waals surface area contributed by atoms with Crippen LogP contribution in [0.1, 0.15) is 44.9 Å². The number of carbonyl (C=O) groups excluding carboxylic acids is 1. The Labute approximate surface area is 102 Å². The van der Waals surface area contributed by atoms with Gasteiger partial charge in [0.15, 0.2) is 0 Å². The maximum Gasteiger partial charge on any atom is 0.230 e. The second-order valence-electron chi connectivity index (χ2n) is 5.39. The smallest absolute Gasteiger partial charge is 0.230 e. The van der Waals surface area contributed by atoms with Crippen molar-refractivity contribution < 1.29 is 10.0 Å². The largest absolute Gasteiger partial charge is 0.409 e. The van der Waals surface area contributed by atoms with Gasteiger partial charge in [-0.15, -0.1) is 0 Å². The van der Waals surface area contributed by atoms with Crippen LogP contribution in [0, 0.1) is 5.41 Å². The number of hydrogen-bond acceptors (Lipinski definition) is 3. The Morgan fingerprint density at radius 2 is 2.00 bits per heavy atom. The molecule has 2 rings (SSSR count). The fraction of sp³-hybridized carbons (Fsp3) is 0.833. The fourth-order valence-electron chi connectivity index (χ4n) is 3.16. The molecule has 0 atom stereocenters. The quantitative estimate of drug-likeness (QED) is 0.330. The molecule has 1 heterocycles. The third kappa shape index (κ3) is 2.70. The van der Waals surface area contributed by atoms with Crippen molar-refractivity contribution in [2.45, 2.75) is 44.9 Å². The van der Waals surface area contributed by atoms with Crippen LogP contribution in [-0.4, -0.2) is 34.9 Å². The van der Waals surface area contributed by atoms with Gasteiger partial charge in [-0.05, 0) is 24.7 Å². The minimum absolute atomic E-state index is 0.000376. The highest BCUT2D eigenvalue weighted by Gasteiger charge is 2.40. The summed E-state index contributed by atoms with van der Waals surface area (Å²) in [7, 11) is 0. The monoisotopic (exact) mass is 239 g/mol. The minimum Gasteiger partial charge on any atom is -0.409 e. The maximum absolute atomic E-state index is 11.9. The van der Waals surface area contributed by atoms with Gasteiger partial charge in [0.1, 0.15) is 5.84 Å². The van der Waals surface area contributed by atoms with Crippen LogP contribution in [0.3, 0.4) is 0 Å². The molecule has 0 unspecified atom stereocenters. The van der Waals surface area contributed by atoms with Gasteiger partial charge in [-0.2, -0.15) is 0 Å². The van der Waals surface area contributed by atoms with E-state index in [9.17, 15) is 4.79 Å². The summed E-state index contributed by atoms with van der Waals surface area (Å²) in [6, 6.07) is 0. The van der Waals surface area contributed by atoms with Crippen molar-refractivity contribution in [1.82, 2.24) is 4.90 Å². The lowest BCUT2D eigenvalue weighted by molar-refractivity contribution is -0.129. The number of oxime groups is 1. The van der Waals surface area contributed by atoms with Gasteiger partial charge < -0.3 is 15.8 Å². The molecule has 5 nitrogen and oxygen atoms in total. The van der Waals surface area contributed by atoms with Crippen molar-refractivity contribution >= 4 is 11.7 Å². The predicted molar refractivity (Wildman–Crippen MR) is 64.7 cm³/mol. The van der Waals surface area contributed by atoms with E-state index in [0.29, 0.717) is 5.41 Å². The van der Waals surface area contributed by atoms with Crippen molar-refractivity contribution in [2.24, 2.45) is 16.3 Å². The lowest BCUT2D eigenvalue weighted by Gasteiger charge is -2.33. The molecule has 5 heteroatoms. The summed E-state index contributed by atoms with van der Waals surface area (Å²) >= 11 is 0. The number of amidine groups is 1. The van der Waals surface area contributed by atoms with E-state index in [1.807, 2.05) is 4.90 Å². The number of nitrogens with zero attached hydrogens (tertiary/aromatic N) is 2. The van der Waals surface area contributed by atoms with E-state index in [1.54, 1.807) is 0 Å². The Kier molecular flexibility index (Phi) is 3.54. The summed E-state index contributed by atoms with van der Waals surface area (Å²) in [6.07, 6.45) is 7.58. The van der Waals surface area contributed by atoms with Crippen LogP contribution < -0.4 is 5.73 Å². The van der Waals surface area contributed by atoms with Crippen molar-refractivity contribution in [3.8, 4) is 0 Å². The Morgan fingerprint density at radius 1 is 1.29 bits per heavy atom. The molecule has 1 aliphatic carbocycles. The first-order chi connectivity index (χ1) is 8.15. The van der Waals surface area contributed by atoms with E-state index in [0.717, 1.165) is 19.5 Å². The Morgan fingerprint density at radius 3 is 2.65 bits per heavy atom. The van der Waals surface area contributed by atoms with Gasteiger partial charge in [0, 0.05) is 13.1 Å². The third-order valence-corrected chi connectivity index (χ3v) is 4.17. The molecule has 1 spiro atoms. The number of hydrogen-bond donors (Lipinski definition) is 2. The number of nitrogens with two attached hydrogens (primary N) is 1. The maximum atomic E-state index is 11.9. The number of rotatable bonds is 2. The van der Waals surface area contributed by atoms with Crippen LogP contribution in [0.4, 0.5) is 0 Å². The average molecular weight is 239 g/mol. The van der Waals surface area contributed by atoms with Crippen LogP contribution in [-0.2, 0) is 4.79 Å². The van der Waals surface area contributed by atoms with Crippen LogP contribution in [0.5, 0.6) is 0 Å². The number of amides is 1. The molecule has 1 saturated carbocycles. The van der Waals surface area contributed by atoms with Gasteiger partial charge in [0.2, 0.25) is 5.91 Å². The molecule has 0 aromatic carbocycles. The summed E-state index contributed by atoms with van der Waals surface area (Å²) in [5.41, 5.74) is 5.74. The van der Waals surface area contributed by atoms with Gasteiger partial charge in [0.05, 0.1) is 6.42 Å². The normalized spacial score (nSPS) is 24.2. The van der Waals surface area contributed by atoms with E-state index in [2.05, 4.69) is 5.16 Å². The molecule has 96 valence electrons. The molecular formula is C12H21N3O2. The van der Waals surface area contributed by atoms with E-state index in [-0.39, 0.29) is 18.2 Å². The molecule has 0 bridgehead atoms. The molecule has 2 fully saturated rings. The fourth-order valence-corrected chi connectivity index (χ4v) is 3.16. The first kappa shape index (κ1) is 12.2. The lowest BCUT2D eigenvalue weighted by atomic mass is 9.73. The summed E-state index contributed by atoms with van der Waals surface area (Å²) in [5, 5.41) is 11.3. The van der Waals surface area contributed by atoms with Gasteiger partial charge in [-0.25, -0.2) is 0 Å². The predicted octanol–water partition coefficient (Wildman–Crippen LogP) is 1.31. The first-order valence-corrected chi connectivity index (χ1v) is 6.39. The highest BCUT2D eigenvalue weighted by molar-refractivity contribution is 5.98. The molecule has 1 saturated heterocycles. The molecule has 0 radical (unpaired) electrons. The van der Waals surface area contributed by atoms with Gasteiger partial charge >= 0.3 is 0 Å². The Balaban J connectivity index is 1.90. The molecule has 3 N–H and O–H groups in total. The zero-order chi connectivity index (χ0) is 12.3. The van der Waals surface area contributed by atoms with E-state index in [1.165, 1.54) is 32.1 Å². The first-order valence-electron chi connectivity index (χ1n) is 6.39. The lowest BCUT2D eigenvalue weighted by Crippen LogP contribution is -2.35. The zero-order valence-corrected chi connectivity index (χ0v) is 10.2. The van der Waals surface area contributed by atoms with Crippen molar-refractivity contribution in [3.63, 3.8) is 0 Å². The van der Waals surface area contributed by atoms with Crippen molar-refractivity contribution in [1.29, 1.82) is 0 Å². The molecular weight excluding hydrogens is 218 g/mol. The topological polar surface area (TPSA) is 78.9 Å². The standard InChI is InChI=1S/C12H21N3O2/c13-10(14-17)8-11(16)15-7-6-12(9-15)4-2-1-3-5-12/h17H,1-9H2,(H2,13,14). The van der Waals surface area contributed by atoms with Crippen LogP contribution in [0.25, 0.3) is 0 Å². The highest BCUT2D eigenvalue weighted by Crippen LogP contribution is 2.43. The third-order valence-electron chi connectivity index (χ3n) is 4.17. The van der Waals surface area contributed by atoms with Crippen LogP contribution >= 0.6 is 0 Å². The molecule has 1 amide bonds. The van der Waals surface area contributed by atoms with Crippen LogP contribution in [0.2, 0.25) is 0 Å². The SMILES string of the molecule is NC(CC(=O)N1CCC2(CCCCC2)C1)=NO. The number of carbonyl (C=O) groups is 1. The molecule has 0 aromatic heterocycles. The second kappa shape index (κ2) is 4.94. The van der Waals surface area contributed by atoms with Gasteiger partial charge in [-0.1, -0.05) is 24.4 Å². The van der Waals surface area contributed by atoms with E-state index < -0.39 is 0 Å². The summed E-state index contributed by atoms with van der Waals surface area (Å²) < 4.78 is 0. The Hall–Kier alpha value is -1.26. The van der Waals surface area contributed by atoms with Gasteiger partial charge in [-0.3, -0.25) is 4.79 Å². The highest BCUT2D eigenvalue weighted by atomic mass is 16.4. The molecule has 0 aromatic rings. The summed E-state index contributed by atoms with van der Waals surface area (Å²) in [5.74, 6) is -0.0117. The van der Waals surface area contributed by atoms with E-state index in [4.69, 9.17) is 10.9 Å². The molecule has 2 aliphatic rings. The van der Waals surface area contributed by atoms with Crippen molar-refractivity contribution in [2.75, 3.05) is 13.1 Å². The molecule has 1 aliphatic heterocycles. The second-order valence-corrected chi connectivity index (χ2v) is 5.39. The van der Waals surface area contributed by atoms with E-state index >= 15 is 0 Å². The molecule has 17 heavy (non-hydrogen) atoms. The van der Waals surface area contributed by atoms with Crippen molar-refractivity contribution in [3.05, 3.63) is 0 Å². The minimum atomic E-state index is -0.0113. The summed E-state index contributed by atoms with van der Waals surface area (Å²) in [4.78, 5) is 13.8. The van der Waals surface area contributed by atoms with Crippen LogP contribution in [0.15, 0.2) is 5.16 Å². The average Bonchev–Trinajstić information content (AvgIpc) is 2.74. The Bertz CT molecular complexity index is 322. The summed E-state index contributed by atoms with van der Waals surface area (Å²) in [6.45, 7) is 1.70. The number of likely N-dealkylation sites (tertiary alicyclic amines) is 1. The zero-order valence-electron chi connectivity index (χ0n) is 10.2. The van der Waals surface area contributed by atoms with Gasteiger partial charge in [0.25, 0.3) is 0 Å².